The van der Waals surface area contributed by atoms with Gasteiger partial charge >= 0.3 is 6.18 Å². The molecule has 21 heavy (non-hydrogen) atoms. The number of nitrogens with one attached hydrogen (secondary N) is 1. The van der Waals surface area contributed by atoms with Crippen molar-refractivity contribution in [2.45, 2.75) is 58.3 Å². The molecule has 2 aliphatic heterocycles. The summed E-state index contributed by atoms with van der Waals surface area (Å²) in [5, 5.41) is 11.7. The second kappa shape index (κ2) is 4.97. The number of piperidine rings is 1. The number of hydrogen-bond donors (Lipinski definition) is 1. The van der Waals surface area contributed by atoms with Crippen LogP contribution in [0.1, 0.15) is 50.8 Å². The molecule has 7 heteroatoms. The number of nitrogens with zero attached hydrogens (tertiary/aromatic N) is 3. The summed E-state index contributed by atoms with van der Waals surface area (Å²) in [4.78, 5) is 0. The third kappa shape index (κ3) is 2.67. The van der Waals surface area contributed by atoms with Gasteiger partial charge in [0.25, 0.3) is 0 Å². The summed E-state index contributed by atoms with van der Waals surface area (Å²) in [6, 6.07) is -0.0283. The van der Waals surface area contributed by atoms with Gasteiger partial charge in [-0.2, -0.15) is 13.2 Å². The zero-order chi connectivity index (χ0) is 15.3. The molecule has 0 aliphatic carbocycles. The van der Waals surface area contributed by atoms with E-state index < -0.39 is 12.1 Å². The molecular formula is C14H21F3N4. The van der Waals surface area contributed by atoms with Crippen LogP contribution in [0.5, 0.6) is 0 Å². The molecule has 2 atom stereocenters. The van der Waals surface area contributed by atoms with Crippen molar-refractivity contribution < 1.29 is 13.2 Å². The van der Waals surface area contributed by atoms with E-state index in [4.69, 9.17) is 0 Å². The van der Waals surface area contributed by atoms with Gasteiger partial charge in [0.2, 0.25) is 0 Å². The molecule has 0 aromatic carbocycles. The van der Waals surface area contributed by atoms with E-state index >= 15 is 0 Å². The maximum Gasteiger partial charge on any atom is 0.393 e. The van der Waals surface area contributed by atoms with Gasteiger partial charge in [-0.15, -0.1) is 10.2 Å². The highest BCUT2D eigenvalue weighted by atomic mass is 19.4. The summed E-state index contributed by atoms with van der Waals surface area (Å²) in [6.07, 6.45) is -1.56. The van der Waals surface area contributed by atoms with E-state index in [-0.39, 0.29) is 24.4 Å². The molecule has 1 N–H and O–H groups in total. The number of aryl methyl sites for hydroxylation is 1. The molecule has 2 unspecified atom stereocenters. The summed E-state index contributed by atoms with van der Waals surface area (Å²) >= 11 is 0. The minimum Gasteiger partial charge on any atom is -0.313 e. The van der Waals surface area contributed by atoms with Crippen LogP contribution >= 0.6 is 0 Å². The Kier molecular flexibility index (Phi) is 3.50. The van der Waals surface area contributed by atoms with Crippen molar-refractivity contribution >= 4 is 0 Å². The lowest BCUT2D eigenvalue weighted by Crippen LogP contribution is -2.42. The highest BCUT2D eigenvalue weighted by Crippen LogP contribution is 2.41. The Balaban J connectivity index is 1.91. The lowest BCUT2D eigenvalue weighted by Gasteiger charge is -2.39. The smallest absolute Gasteiger partial charge is 0.313 e. The van der Waals surface area contributed by atoms with E-state index in [0.29, 0.717) is 18.1 Å². The van der Waals surface area contributed by atoms with Crippen LogP contribution in [0.4, 0.5) is 13.2 Å². The van der Waals surface area contributed by atoms with Gasteiger partial charge in [-0.05, 0) is 31.2 Å². The topological polar surface area (TPSA) is 42.7 Å². The zero-order valence-corrected chi connectivity index (χ0v) is 12.4. The Morgan fingerprint density at radius 2 is 2.05 bits per heavy atom. The summed E-state index contributed by atoms with van der Waals surface area (Å²) in [5.41, 5.74) is -0.0206. The maximum atomic E-state index is 13.0. The van der Waals surface area contributed by atoms with Gasteiger partial charge in [0.05, 0.1) is 12.0 Å². The normalized spacial score (nSPS) is 29.2. The number of hydrogen-bond acceptors (Lipinski definition) is 3. The standard InChI is InChI=1S/C14H21F3N4/c1-13(2)6-3-7-18-11(13)12-20-19-10-5-4-9(8-21(10)12)14(15,16)17/h9,11,18H,3-8H2,1-2H3. The van der Waals surface area contributed by atoms with Crippen LogP contribution in [0.2, 0.25) is 0 Å². The second-order valence-corrected chi connectivity index (χ2v) is 6.84. The largest absolute Gasteiger partial charge is 0.393 e. The average molecular weight is 302 g/mol. The molecule has 3 heterocycles. The van der Waals surface area contributed by atoms with Crippen molar-refractivity contribution in [2.75, 3.05) is 6.54 Å². The van der Waals surface area contributed by atoms with E-state index in [1.54, 1.807) is 4.57 Å². The summed E-state index contributed by atoms with van der Waals surface area (Å²) < 4.78 is 40.7. The predicted octanol–water partition coefficient (Wildman–Crippen LogP) is 2.85. The van der Waals surface area contributed by atoms with E-state index in [1.807, 2.05) is 0 Å². The minimum atomic E-state index is -4.14. The number of halogens is 3. The monoisotopic (exact) mass is 302 g/mol. The maximum absolute atomic E-state index is 13.0. The first-order valence-electron chi connectivity index (χ1n) is 7.51. The van der Waals surface area contributed by atoms with Crippen molar-refractivity contribution in [3.8, 4) is 0 Å². The van der Waals surface area contributed by atoms with Crippen LogP contribution in [-0.2, 0) is 13.0 Å². The van der Waals surface area contributed by atoms with E-state index in [2.05, 4.69) is 29.4 Å². The lowest BCUT2D eigenvalue weighted by atomic mass is 9.77. The molecule has 1 aromatic heterocycles. The van der Waals surface area contributed by atoms with Crippen molar-refractivity contribution in [3.05, 3.63) is 11.6 Å². The molecule has 0 amide bonds. The third-order valence-electron chi connectivity index (χ3n) is 4.82. The molecular weight excluding hydrogens is 281 g/mol. The highest BCUT2D eigenvalue weighted by Gasteiger charge is 2.44. The van der Waals surface area contributed by atoms with Crippen molar-refractivity contribution in [2.24, 2.45) is 11.3 Å². The van der Waals surface area contributed by atoms with Crippen LogP contribution in [0.3, 0.4) is 0 Å². The fourth-order valence-electron chi connectivity index (χ4n) is 3.48. The van der Waals surface area contributed by atoms with Gasteiger partial charge < -0.3 is 9.88 Å². The molecule has 0 saturated carbocycles. The molecule has 2 aliphatic rings. The van der Waals surface area contributed by atoms with Gasteiger partial charge in [0.1, 0.15) is 5.82 Å². The van der Waals surface area contributed by atoms with Crippen LogP contribution in [0, 0.1) is 11.3 Å². The summed E-state index contributed by atoms with van der Waals surface area (Å²) in [7, 11) is 0. The molecule has 1 fully saturated rings. The number of aromatic nitrogens is 3. The van der Waals surface area contributed by atoms with Gasteiger partial charge in [0, 0.05) is 13.0 Å². The van der Waals surface area contributed by atoms with E-state index in [1.165, 1.54) is 0 Å². The molecule has 0 radical (unpaired) electrons. The summed E-state index contributed by atoms with van der Waals surface area (Å²) in [5.74, 6) is 0.0729. The summed E-state index contributed by atoms with van der Waals surface area (Å²) in [6.45, 7) is 5.10. The van der Waals surface area contributed by atoms with Crippen LogP contribution in [0.15, 0.2) is 0 Å². The molecule has 1 aromatic rings. The molecule has 3 rings (SSSR count). The first-order chi connectivity index (χ1) is 9.79. The number of alkyl halides is 3. The minimum absolute atomic E-state index is 0.0206. The first kappa shape index (κ1) is 14.8. The van der Waals surface area contributed by atoms with Crippen LogP contribution < -0.4 is 5.32 Å². The Hall–Kier alpha value is -1.11. The Morgan fingerprint density at radius 1 is 1.29 bits per heavy atom. The van der Waals surface area contributed by atoms with Crippen LogP contribution in [-0.4, -0.2) is 27.5 Å². The van der Waals surface area contributed by atoms with E-state index in [9.17, 15) is 13.2 Å². The zero-order valence-electron chi connectivity index (χ0n) is 12.4. The van der Waals surface area contributed by atoms with E-state index in [0.717, 1.165) is 19.4 Å². The molecule has 0 bridgehead atoms. The van der Waals surface area contributed by atoms with Crippen molar-refractivity contribution in [1.29, 1.82) is 0 Å². The Morgan fingerprint density at radius 3 is 2.71 bits per heavy atom. The number of fused-ring (bicyclic) bond motifs is 1. The van der Waals surface area contributed by atoms with Gasteiger partial charge in [-0.3, -0.25) is 0 Å². The lowest BCUT2D eigenvalue weighted by molar-refractivity contribution is -0.182. The predicted molar refractivity (Wildman–Crippen MR) is 71.6 cm³/mol. The van der Waals surface area contributed by atoms with Crippen LogP contribution in [0.25, 0.3) is 0 Å². The first-order valence-corrected chi connectivity index (χ1v) is 7.51. The molecule has 4 nitrogen and oxygen atoms in total. The Labute approximate surface area is 122 Å². The third-order valence-corrected chi connectivity index (χ3v) is 4.82. The number of rotatable bonds is 1. The van der Waals surface area contributed by atoms with Gasteiger partial charge in [-0.25, -0.2) is 0 Å². The second-order valence-electron chi connectivity index (χ2n) is 6.84. The molecule has 118 valence electrons. The SMILES string of the molecule is CC1(C)CCCNC1c1nnc2n1CC(C(F)(F)F)CC2. The fraction of sp³-hybridized carbons (Fsp3) is 0.857. The van der Waals surface area contributed by atoms with Crippen molar-refractivity contribution in [3.63, 3.8) is 0 Å². The van der Waals surface area contributed by atoms with Gasteiger partial charge in [-0.1, -0.05) is 13.8 Å². The highest BCUT2D eigenvalue weighted by molar-refractivity contribution is 5.09. The fourth-order valence-corrected chi connectivity index (χ4v) is 3.48. The molecule has 1 saturated heterocycles. The van der Waals surface area contributed by atoms with Crippen molar-refractivity contribution in [1.82, 2.24) is 20.1 Å². The average Bonchev–Trinajstić information content (AvgIpc) is 2.80. The molecule has 0 spiro atoms. The Bertz CT molecular complexity index is 521. The van der Waals surface area contributed by atoms with Gasteiger partial charge in [0.15, 0.2) is 5.82 Å². The quantitative estimate of drug-likeness (QED) is 0.867.